The molecule has 3 aromatic rings. The number of aryl methyl sites for hydroxylation is 1. The van der Waals surface area contributed by atoms with Crippen LogP contribution in [0.2, 0.25) is 0 Å². The van der Waals surface area contributed by atoms with E-state index in [1.165, 1.54) is 36.8 Å². The molecule has 0 bridgehead atoms. The molecule has 0 saturated carbocycles. The van der Waals surface area contributed by atoms with E-state index in [-0.39, 0.29) is 22.6 Å². The van der Waals surface area contributed by atoms with Crippen molar-refractivity contribution < 1.29 is 37.0 Å². The van der Waals surface area contributed by atoms with Crippen molar-refractivity contribution in [3.05, 3.63) is 78.0 Å². The standard InChI is InChI=1S/C17H16F2N4O2S.C4H4O4/c1-11-5-7-21-9-14(11)26(24,25)23-10-12(8-20-2)15(18)16(23)13-4-3-6-22-17(13)19;5-3(6)1-2-4(7)8/h3-7,9-10,20H,8H2,1-2H3;1-2H,(H,5,6)(H,7,8). The average Bonchev–Trinajstić information content (AvgIpc) is 3.10. The lowest BCUT2D eigenvalue weighted by Gasteiger charge is -2.12. The fourth-order valence-corrected chi connectivity index (χ4v) is 4.35. The maximum atomic E-state index is 15.0. The summed E-state index contributed by atoms with van der Waals surface area (Å²) in [4.78, 5) is 26.4. The minimum absolute atomic E-state index is 0.0786. The van der Waals surface area contributed by atoms with E-state index in [1.54, 1.807) is 14.0 Å². The number of pyridine rings is 2. The minimum atomic E-state index is -4.19. The summed E-state index contributed by atoms with van der Waals surface area (Å²) in [6, 6.07) is 4.23. The van der Waals surface area contributed by atoms with Crippen LogP contribution in [0.5, 0.6) is 0 Å². The summed E-state index contributed by atoms with van der Waals surface area (Å²) in [5.74, 6) is -4.30. The zero-order chi connectivity index (χ0) is 25.5. The lowest BCUT2D eigenvalue weighted by molar-refractivity contribution is -0.134. The predicted octanol–water partition coefficient (Wildman–Crippen LogP) is 2.20. The topological polar surface area (TPSA) is 151 Å². The Hall–Kier alpha value is -3.97. The first-order valence-electron chi connectivity index (χ1n) is 9.46. The van der Waals surface area contributed by atoms with Crippen LogP contribution in [0.1, 0.15) is 11.1 Å². The van der Waals surface area contributed by atoms with Crippen molar-refractivity contribution in [3.63, 3.8) is 0 Å². The Bertz CT molecular complexity index is 1320. The summed E-state index contributed by atoms with van der Waals surface area (Å²) < 4.78 is 56.1. The molecule has 10 nitrogen and oxygen atoms in total. The van der Waals surface area contributed by atoms with Gasteiger partial charge in [0.1, 0.15) is 10.6 Å². The average molecular weight is 494 g/mol. The van der Waals surface area contributed by atoms with E-state index < -0.39 is 39.4 Å². The van der Waals surface area contributed by atoms with Crippen LogP contribution in [0.25, 0.3) is 11.3 Å². The zero-order valence-corrected chi connectivity index (χ0v) is 18.8. The highest BCUT2D eigenvalue weighted by atomic mass is 32.2. The van der Waals surface area contributed by atoms with Gasteiger partial charge >= 0.3 is 11.9 Å². The predicted molar refractivity (Wildman–Crippen MR) is 116 cm³/mol. The van der Waals surface area contributed by atoms with Crippen LogP contribution in [0.3, 0.4) is 0 Å². The summed E-state index contributed by atoms with van der Waals surface area (Å²) in [5, 5.41) is 18.4. The highest BCUT2D eigenvalue weighted by Gasteiger charge is 2.29. The van der Waals surface area contributed by atoms with E-state index in [2.05, 4.69) is 15.3 Å². The lowest BCUT2D eigenvalue weighted by atomic mass is 10.2. The van der Waals surface area contributed by atoms with Crippen LogP contribution in [-0.2, 0) is 26.2 Å². The molecule has 3 N–H and O–H groups in total. The van der Waals surface area contributed by atoms with Crippen molar-refractivity contribution in [1.29, 1.82) is 0 Å². The van der Waals surface area contributed by atoms with Gasteiger partial charge in [-0.15, -0.1) is 0 Å². The molecule has 3 aromatic heterocycles. The Kier molecular flexibility index (Phi) is 8.70. The third kappa shape index (κ3) is 6.08. The molecule has 0 amide bonds. The van der Waals surface area contributed by atoms with E-state index in [4.69, 9.17) is 10.2 Å². The summed E-state index contributed by atoms with van der Waals surface area (Å²) >= 11 is 0. The third-order valence-corrected chi connectivity index (χ3v) is 6.05. The van der Waals surface area contributed by atoms with Crippen molar-refractivity contribution >= 4 is 22.0 Å². The molecule has 0 atom stereocenters. The molecule has 0 radical (unpaired) electrons. The van der Waals surface area contributed by atoms with Crippen molar-refractivity contribution in [3.8, 4) is 11.3 Å². The van der Waals surface area contributed by atoms with Gasteiger partial charge in [0, 0.05) is 49.0 Å². The van der Waals surface area contributed by atoms with E-state index in [0.717, 1.165) is 10.2 Å². The normalized spacial score (nSPS) is 11.2. The van der Waals surface area contributed by atoms with Crippen LogP contribution in [0, 0.1) is 18.7 Å². The van der Waals surface area contributed by atoms with Gasteiger partial charge in [-0.2, -0.15) is 4.39 Å². The number of rotatable bonds is 7. The Morgan fingerprint density at radius 2 is 1.79 bits per heavy atom. The summed E-state index contributed by atoms with van der Waals surface area (Å²) in [7, 11) is -2.60. The molecular weight excluding hydrogens is 474 g/mol. The number of carbonyl (C=O) groups is 2. The van der Waals surface area contributed by atoms with Gasteiger partial charge in [0.25, 0.3) is 10.0 Å². The van der Waals surface area contributed by atoms with Gasteiger partial charge in [-0.05, 0) is 37.7 Å². The number of nitrogens with one attached hydrogen (secondary N) is 1. The molecular formula is C21H20F2N4O6S. The summed E-state index contributed by atoms with van der Waals surface area (Å²) in [6.07, 6.45) is 6.11. The van der Waals surface area contributed by atoms with Crippen LogP contribution in [-0.4, -0.2) is 51.6 Å². The molecule has 34 heavy (non-hydrogen) atoms. The molecule has 180 valence electrons. The number of aromatic nitrogens is 3. The van der Waals surface area contributed by atoms with Gasteiger partial charge in [0.05, 0.1) is 5.56 Å². The van der Waals surface area contributed by atoms with E-state index in [0.29, 0.717) is 17.7 Å². The van der Waals surface area contributed by atoms with Crippen molar-refractivity contribution in [2.75, 3.05) is 7.05 Å². The lowest BCUT2D eigenvalue weighted by Crippen LogP contribution is -2.15. The maximum Gasteiger partial charge on any atom is 0.328 e. The summed E-state index contributed by atoms with van der Waals surface area (Å²) in [5.41, 5.74) is -0.0978. The largest absolute Gasteiger partial charge is 0.478 e. The van der Waals surface area contributed by atoms with Crippen LogP contribution in [0.4, 0.5) is 8.78 Å². The molecule has 0 saturated heterocycles. The quantitative estimate of drug-likeness (QED) is 0.332. The maximum absolute atomic E-state index is 15.0. The number of halogens is 2. The molecule has 13 heteroatoms. The monoisotopic (exact) mass is 494 g/mol. The van der Waals surface area contributed by atoms with Crippen molar-refractivity contribution in [1.82, 2.24) is 19.3 Å². The van der Waals surface area contributed by atoms with Crippen molar-refractivity contribution in [2.24, 2.45) is 0 Å². The molecule has 0 aromatic carbocycles. The fraction of sp³-hybridized carbons (Fsp3) is 0.143. The SMILES string of the molecule is CNCc1cn(S(=O)(=O)c2cnccc2C)c(-c2cccnc2F)c1F.O=C(O)C=CC(=O)O. The minimum Gasteiger partial charge on any atom is -0.478 e. The van der Waals surface area contributed by atoms with E-state index in [1.807, 2.05) is 0 Å². The highest BCUT2D eigenvalue weighted by Crippen LogP contribution is 2.32. The van der Waals surface area contributed by atoms with Crippen LogP contribution >= 0.6 is 0 Å². The van der Waals surface area contributed by atoms with Gasteiger partial charge in [-0.25, -0.2) is 31.4 Å². The first kappa shape index (κ1) is 26.3. The Morgan fingerprint density at radius 1 is 1.15 bits per heavy atom. The second-order valence-electron chi connectivity index (χ2n) is 6.64. The van der Waals surface area contributed by atoms with Gasteiger partial charge in [0.15, 0.2) is 5.82 Å². The molecule has 0 aliphatic heterocycles. The number of hydrogen-bond donors (Lipinski definition) is 3. The van der Waals surface area contributed by atoms with Crippen molar-refractivity contribution in [2.45, 2.75) is 18.4 Å². The van der Waals surface area contributed by atoms with Gasteiger partial charge in [-0.3, -0.25) is 4.98 Å². The number of carboxylic acid groups (broad SMARTS) is 2. The molecule has 3 heterocycles. The van der Waals surface area contributed by atoms with Gasteiger partial charge in [0.2, 0.25) is 5.95 Å². The highest BCUT2D eigenvalue weighted by molar-refractivity contribution is 7.90. The number of nitrogens with zero attached hydrogens (tertiary/aromatic N) is 3. The fourth-order valence-electron chi connectivity index (χ4n) is 2.78. The van der Waals surface area contributed by atoms with E-state index >= 15 is 0 Å². The van der Waals surface area contributed by atoms with Crippen LogP contribution < -0.4 is 5.32 Å². The van der Waals surface area contributed by atoms with Gasteiger partial charge in [-0.1, -0.05) is 0 Å². The molecule has 0 unspecified atom stereocenters. The zero-order valence-electron chi connectivity index (χ0n) is 17.9. The molecule has 0 spiro atoms. The molecule has 3 rings (SSSR count). The number of hydrogen-bond acceptors (Lipinski definition) is 7. The smallest absolute Gasteiger partial charge is 0.328 e. The number of aliphatic carboxylic acids is 2. The Morgan fingerprint density at radius 3 is 2.32 bits per heavy atom. The molecule has 0 aliphatic carbocycles. The molecule has 0 aliphatic rings. The third-order valence-electron chi connectivity index (χ3n) is 4.26. The Balaban J connectivity index is 0.000000440. The Labute approximate surface area is 193 Å². The molecule has 0 fully saturated rings. The van der Waals surface area contributed by atoms with Gasteiger partial charge < -0.3 is 15.5 Å². The second-order valence-corrected chi connectivity index (χ2v) is 8.42. The first-order valence-corrected chi connectivity index (χ1v) is 10.9. The summed E-state index contributed by atoms with van der Waals surface area (Å²) in [6.45, 7) is 1.68. The second kappa shape index (κ2) is 11.2. The number of carboxylic acids is 2. The van der Waals surface area contributed by atoms with E-state index in [9.17, 15) is 26.8 Å². The van der Waals surface area contributed by atoms with Crippen LogP contribution in [0.15, 0.2) is 60.0 Å². The first-order chi connectivity index (χ1) is 16.0.